The van der Waals surface area contributed by atoms with E-state index in [-0.39, 0.29) is 0 Å². The molecule has 2 N–H and O–H groups in total. The number of aliphatic carboxylic acids is 1. The normalized spacial score (nSPS) is 16.2. The maximum Gasteiger partial charge on any atom is 0.310 e. The number of nitrogens with one attached hydrogen (secondary N) is 1. The van der Waals surface area contributed by atoms with E-state index >= 15 is 0 Å². The molecule has 0 bridgehead atoms. The van der Waals surface area contributed by atoms with Crippen molar-refractivity contribution in [3.05, 3.63) is 28.8 Å². The lowest BCUT2D eigenvalue weighted by Crippen LogP contribution is -2.29. The molecule has 2 rings (SSSR count). The van der Waals surface area contributed by atoms with Gasteiger partial charge in [0.05, 0.1) is 12.5 Å². The Morgan fingerprint density at radius 1 is 1.42 bits per heavy atom. The molecule has 0 spiro atoms. The van der Waals surface area contributed by atoms with E-state index in [0.717, 1.165) is 24.2 Å². The highest BCUT2D eigenvalue weighted by Crippen LogP contribution is 2.45. The number of carbonyl (C=O) groups is 1. The van der Waals surface area contributed by atoms with Crippen LogP contribution in [0.1, 0.15) is 29.5 Å². The van der Waals surface area contributed by atoms with E-state index in [2.05, 4.69) is 18.3 Å². The van der Waals surface area contributed by atoms with Crippen molar-refractivity contribution in [2.75, 3.05) is 13.7 Å². The largest absolute Gasteiger partial charge is 0.496 e. The van der Waals surface area contributed by atoms with Gasteiger partial charge in [0, 0.05) is 18.7 Å². The van der Waals surface area contributed by atoms with Gasteiger partial charge in [-0.15, -0.1) is 0 Å². The maximum atomic E-state index is 11.1. The Morgan fingerprint density at radius 3 is 2.63 bits per heavy atom. The van der Waals surface area contributed by atoms with Crippen LogP contribution in [0.4, 0.5) is 0 Å². The molecule has 0 saturated heterocycles. The van der Waals surface area contributed by atoms with Gasteiger partial charge in [0.15, 0.2) is 0 Å². The first-order valence-electron chi connectivity index (χ1n) is 6.57. The number of aryl methyl sites for hydroxylation is 2. The Hall–Kier alpha value is -1.55. The molecule has 1 aliphatic rings. The summed E-state index contributed by atoms with van der Waals surface area (Å²) in [5, 5.41) is 12.4. The minimum absolute atomic E-state index is 0.522. The van der Waals surface area contributed by atoms with Crippen molar-refractivity contribution in [2.24, 2.45) is 5.41 Å². The van der Waals surface area contributed by atoms with Gasteiger partial charge in [-0.05, 0) is 43.9 Å². The third-order valence-corrected chi connectivity index (χ3v) is 3.87. The average Bonchev–Trinajstić information content (AvgIpc) is 3.12. The second-order valence-electron chi connectivity index (χ2n) is 5.45. The minimum Gasteiger partial charge on any atom is -0.496 e. The summed E-state index contributed by atoms with van der Waals surface area (Å²) in [5.41, 5.74) is 2.92. The number of rotatable bonds is 6. The Labute approximate surface area is 113 Å². The smallest absolute Gasteiger partial charge is 0.310 e. The number of carboxylic acid groups (broad SMARTS) is 1. The third-order valence-electron chi connectivity index (χ3n) is 3.87. The van der Waals surface area contributed by atoms with Crippen molar-refractivity contribution >= 4 is 5.97 Å². The standard InChI is InChI=1S/C15H21NO3/c1-10-6-11(2)12(13(7-10)19-3)8-16-9-15(4-5-15)14(17)18/h6-7,16H,4-5,8-9H2,1-3H3,(H,17,18). The lowest BCUT2D eigenvalue weighted by Gasteiger charge is -2.15. The second kappa shape index (κ2) is 5.21. The fourth-order valence-corrected chi connectivity index (χ4v) is 2.41. The van der Waals surface area contributed by atoms with Gasteiger partial charge in [-0.1, -0.05) is 6.07 Å². The molecule has 0 atom stereocenters. The first kappa shape index (κ1) is 13.9. The lowest BCUT2D eigenvalue weighted by molar-refractivity contribution is -0.143. The highest BCUT2D eigenvalue weighted by Gasteiger charge is 2.49. The zero-order chi connectivity index (χ0) is 14.0. The molecular weight excluding hydrogens is 242 g/mol. The Morgan fingerprint density at radius 2 is 2.11 bits per heavy atom. The summed E-state index contributed by atoms with van der Waals surface area (Å²) in [5.74, 6) is 0.178. The maximum absolute atomic E-state index is 11.1. The van der Waals surface area contributed by atoms with Crippen molar-refractivity contribution in [1.29, 1.82) is 0 Å². The zero-order valence-electron chi connectivity index (χ0n) is 11.7. The van der Waals surface area contributed by atoms with Crippen molar-refractivity contribution in [2.45, 2.75) is 33.2 Å². The van der Waals surface area contributed by atoms with Gasteiger partial charge in [-0.2, -0.15) is 0 Å². The summed E-state index contributed by atoms with van der Waals surface area (Å²) in [6.07, 6.45) is 1.55. The summed E-state index contributed by atoms with van der Waals surface area (Å²) in [4.78, 5) is 11.1. The van der Waals surface area contributed by atoms with E-state index in [0.29, 0.717) is 13.1 Å². The third kappa shape index (κ3) is 2.89. The molecule has 4 nitrogen and oxygen atoms in total. The summed E-state index contributed by atoms with van der Waals surface area (Å²) in [6.45, 7) is 5.26. The van der Waals surface area contributed by atoms with E-state index in [9.17, 15) is 4.79 Å². The molecule has 1 aromatic carbocycles. The molecule has 1 aromatic rings. The van der Waals surface area contributed by atoms with Gasteiger partial charge in [-0.25, -0.2) is 0 Å². The van der Waals surface area contributed by atoms with Gasteiger partial charge in [0.1, 0.15) is 5.75 Å². The van der Waals surface area contributed by atoms with Crippen LogP contribution in [-0.2, 0) is 11.3 Å². The summed E-state index contributed by atoms with van der Waals surface area (Å²) in [6, 6.07) is 4.12. The van der Waals surface area contributed by atoms with E-state index in [1.54, 1.807) is 7.11 Å². The van der Waals surface area contributed by atoms with Gasteiger partial charge in [0.2, 0.25) is 0 Å². The van der Waals surface area contributed by atoms with Gasteiger partial charge in [0.25, 0.3) is 0 Å². The predicted octanol–water partition coefficient (Wildman–Crippen LogP) is 2.27. The predicted molar refractivity (Wildman–Crippen MR) is 73.5 cm³/mol. The van der Waals surface area contributed by atoms with Crippen molar-refractivity contribution < 1.29 is 14.6 Å². The fraction of sp³-hybridized carbons (Fsp3) is 0.533. The van der Waals surface area contributed by atoms with Crippen LogP contribution >= 0.6 is 0 Å². The van der Waals surface area contributed by atoms with Gasteiger partial charge < -0.3 is 15.2 Å². The van der Waals surface area contributed by atoms with Crippen molar-refractivity contribution in [3.63, 3.8) is 0 Å². The molecule has 0 amide bonds. The Bertz CT molecular complexity index is 492. The van der Waals surface area contributed by atoms with Crippen LogP contribution < -0.4 is 10.1 Å². The van der Waals surface area contributed by atoms with E-state index in [1.165, 1.54) is 11.1 Å². The molecule has 1 aliphatic carbocycles. The van der Waals surface area contributed by atoms with E-state index < -0.39 is 11.4 Å². The fourth-order valence-electron chi connectivity index (χ4n) is 2.41. The van der Waals surface area contributed by atoms with Crippen LogP contribution in [0.3, 0.4) is 0 Å². The average molecular weight is 263 g/mol. The molecule has 104 valence electrons. The number of hydrogen-bond acceptors (Lipinski definition) is 3. The number of ether oxygens (including phenoxy) is 1. The quantitative estimate of drug-likeness (QED) is 0.826. The first-order valence-corrected chi connectivity index (χ1v) is 6.57. The molecule has 1 fully saturated rings. The number of methoxy groups -OCH3 is 1. The molecule has 0 heterocycles. The van der Waals surface area contributed by atoms with Crippen LogP contribution in [0, 0.1) is 19.3 Å². The number of carboxylic acids is 1. The lowest BCUT2D eigenvalue weighted by atomic mass is 10.0. The molecule has 1 saturated carbocycles. The van der Waals surface area contributed by atoms with E-state index in [1.807, 2.05) is 13.0 Å². The first-order chi connectivity index (χ1) is 8.98. The summed E-state index contributed by atoms with van der Waals surface area (Å²) in [7, 11) is 1.66. The molecule has 0 unspecified atom stereocenters. The highest BCUT2D eigenvalue weighted by molar-refractivity contribution is 5.78. The number of hydrogen-bond donors (Lipinski definition) is 2. The Balaban J connectivity index is 2.02. The van der Waals surface area contributed by atoms with E-state index in [4.69, 9.17) is 9.84 Å². The molecule has 0 aromatic heterocycles. The topological polar surface area (TPSA) is 58.6 Å². The molecule has 19 heavy (non-hydrogen) atoms. The SMILES string of the molecule is COc1cc(C)cc(C)c1CNCC1(C(=O)O)CC1. The van der Waals surface area contributed by atoms with Crippen molar-refractivity contribution in [1.82, 2.24) is 5.32 Å². The van der Waals surface area contributed by atoms with Gasteiger partial charge >= 0.3 is 5.97 Å². The Kier molecular flexibility index (Phi) is 3.80. The zero-order valence-corrected chi connectivity index (χ0v) is 11.7. The van der Waals surface area contributed by atoms with Crippen LogP contribution in [0.5, 0.6) is 5.75 Å². The molecule has 0 radical (unpaired) electrons. The van der Waals surface area contributed by atoms with Crippen LogP contribution in [0.25, 0.3) is 0 Å². The van der Waals surface area contributed by atoms with Gasteiger partial charge in [-0.3, -0.25) is 4.79 Å². The molecular formula is C15H21NO3. The monoisotopic (exact) mass is 263 g/mol. The summed E-state index contributed by atoms with van der Waals surface area (Å²) < 4.78 is 5.40. The molecule has 4 heteroatoms. The van der Waals surface area contributed by atoms with Crippen LogP contribution in [0.15, 0.2) is 12.1 Å². The summed E-state index contributed by atoms with van der Waals surface area (Å²) >= 11 is 0. The second-order valence-corrected chi connectivity index (χ2v) is 5.45. The molecule has 0 aliphatic heterocycles. The minimum atomic E-state index is -0.687. The van der Waals surface area contributed by atoms with Crippen LogP contribution in [-0.4, -0.2) is 24.7 Å². The number of benzene rings is 1. The van der Waals surface area contributed by atoms with Crippen molar-refractivity contribution in [3.8, 4) is 5.75 Å². The highest BCUT2D eigenvalue weighted by atomic mass is 16.5. The van der Waals surface area contributed by atoms with Crippen LogP contribution in [0.2, 0.25) is 0 Å².